The Kier molecular flexibility index (Phi) is 7.20. The number of esters is 1. The zero-order valence-electron chi connectivity index (χ0n) is 17.7. The van der Waals surface area contributed by atoms with Crippen LogP contribution in [0.5, 0.6) is 0 Å². The number of amides is 1. The molecule has 3 aromatic rings. The second-order valence-electron chi connectivity index (χ2n) is 7.29. The van der Waals surface area contributed by atoms with Gasteiger partial charge in [0.05, 0.1) is 21.2 Å². The predicted molar refractivity (Wildman–Crippen MR) is 123 cm³/mol. The second kappa shape index (κ2) is 9.82. The molecule has 0 saturated carbocycles. The van der Waals surface area contributed by atoms with E-state index >= 15 is 0 Å². The maximum Gasteiger partial charge on any atom is 0.326 e. The summed E-state index contributed by atoms with van der Waals surface area (Å²) in [4.78, 5) is 29.2. The van der Waals surface area contributed by atoms with Gasteiger partial charge < -0.3 is 9.30 Å². The summed E-state index contributed by atoms with van der Waals surface area (Å²) in [6.45, 7) is 1.36. The van der Waals surface area contributed by atoms with Crippen LogP contribution in [0.2, 0.25) is 4.34 Å². The van der Waals surface area contributed by atoms with Crippen LogP contribution in [-0.4, -0.2) is 48.4 Å². The topological polar surface area (TPSA) is 98.0 Å². The number of rotatable bonds is 6. The standard InChI is InChI=1S/C20H18ClF2N3O5S3/c1-2-31-16(27)10-25-18-12(23)8-11(22)9-14(18)32-20(25)24-19(28)13-4-3-7-26(13)34(29,30)17-6-5-15(21)33-17/h5-6,8-9,13H,2-4,7,10H2,1H3. The number of carbonyl (C=O) groups excluding carboxylic acids is 2. The molecule has 4 rings (SSSR count). The summed E-state index contributed by atoms with van der Waals surface area (Å²) in [6.07, 6.45) is 0.686. The number of halogens is 3. The first-order valence-electron chi connectivity index (χ1n) is 10.1. The number of fused-ring (bicyclic) bond motifs is 1. The molecule has 1 aliphatic heterocycles. The number of carbonyl (C=O) groups is 2. The van der Waals surface area contributed by atoms with E-state index < -0.39 is 46.1 Å². The van der Waals surface area contributed by atoms with Gasteiger partial charge in [0, 0.05) is 12.6 Å². The van der Waals surface area contributed by atoms with E-state index in [1.165, 1.54) is 12.1 Å². The number of ether oxygens (including phenoxy) is 1. The number of thiazole rings is 1. The van der Waals surface area contributed by atoms with Crippen LogP contribution < -0.4 is 4.80 Å². The van der Waals surface area contributed by atoms with Gasteiger partial charge in [-0.25, -0.2) is 17.2 Å². The molecule has 1 aliphatic rings. The van der Waals surface area contributed by atoms with E-state index in [1.807, 2.05) is 0 Å². The summed E-state index contributed by atoms with van der Waals surface area (Å²) in [5, 5.41) is 0. The van der Waals surface area contributed by atoms with Gasteiger partial charge in [0.1, 0.15) is 22.6 Å². The smallest absolute Gasteiger partial charge is 0.326 e. The van der Waals surface area contributed by atoms with E-state index in [2.05, 4.69) is 4.99 Å². The first-order chi connectivity index (χ1) is 16.1. The summed E-state index contributed by atoms with van der Waals surface area (Å²) in [5.41, 5.74) is -0.102. The number of aromatic nitrogens is 1. The number of hydrogen-bond acceptors (Lipinski definition) is 7. The molecule has 0 radical (unpaired) electrons. The minimum atomic E-state index is -3.98. The largest absolute Gasteiger partial charge is 0.465 e. The minimum Gasteiger partial charge on any atom is -0.465 e. The van der Waals surface area contributed by atoms with E-state index in [-0.39, 0.29) is 38.8 Å². The molecule has 8 nitrogen and oxygen atoms in total. The van der Waals surface area contributed by atoms with Gasteiger partial charge in [-0.2, -0.15) is 9.30 Å². The monoisotopic (exact) mass is 549 g/mol. The third-order valence-electron chi connectivity index (χ3n) is 5.09. The van der Waals surface area contributed by atoms with E-state index in [0.29, 0.717) is 16.8 Å². The van der Waals surface area contributed by atoms with Crippen LogP contribution in [0.4, 0.5) is 8.78 Å². The molecule has 34 heavy (non-hydrogen) atoms. The molecule has 0 bridgehead atoms. The Morgan fingerprint density at radius 3 is 2.71 bits per heavy atom. The van der Waals surface area contributed by atoms with E-state index in [1.54, 1.807) is 6.92 Å². The van der Waals surface area contributed by atoms with E-state index in [4.69, 9.17) is 16.3 Å². The van der Waals surface area contributed by atoms with Crippen molar-refractivity contribution in [2.75, 3.05) is 13.2 Å². The molecule has 1 atom stereocenters. The average molecular weight is 550 g/mol. The summed E-state index contributed by atoms with van der Waals surface area (Å²) in [6, 6.07) is 3.49. The van der Waals surface area contributed by atoms with Crippen LogP contribution in [0, 0.1) is 11.6 Å². The lowest BCUT2D eigenvalue weighted by atomic mass is 10.2. The van der Waals surface area contributed by atoms with E-state index in [9.17, 15) is 26.8 Å². The zero-order chi connectivity index (χ0) is 24.6. The van der Waals surface area contributed by atoms with Gasteiger partial charge in [-0.05, 0) is 38.0 Å². The first-order valence-corrected chi connectivity index (χ1v) is 13.6. The van der Waals surface area contributed by atoms with Crippen molar-refractivity contribution in [3.8, 4) is 0 Å². The van der Waals surface area contributed by atoms with E-state index in [0.717, 1.165) is 37.6 Å². The summed E-state index contributed by atoms with van der Waals surface area (Å²) < 4.78 is 62.0. The fourth-order valence-electron chi connectivity index (χ4n) is 3.69. The maximum absolute atomic E-state index is 14.6. The van der Waals surface area contributed by atoms with Crippen molar-refractivity contribution in [3.63, 3.8) is 0 Å². The zero-order valence-corrected chi connectivity index (χ0v) is 20.9. The quantitative estimate of drug-likeness (QED) is 0.438. The van der Waals surface area contributed by atoms with Crippen molar-refractivity contribution in [2.45, 2.75) is 36.6 Å². The number of nitrogens with zero attached hydrogens (tertiary/aromatic N) is 3. The van der Waals surface area contributed by atoms with Crippen LogP contribution in [0.1, 0.15) is 19.8 Å². The number of thiophene rings is 1. The molecular weight excluding hydrogens is 532 g/mol. The molecule has 1 unspecified atom stereocenters. The van der Waals surface area contributed by atoms with Crippen LogP contribution in [0.25, 0.3) is 10.2 Å². The molecule has 1 aromatic carbocycles. The molecule has 1 saturated heterocycles. The van der Waals surface area contributed by atoms with Crippen molar-refractivity contribution < 1.29 is 31.5 Å². The molecule has 0 aliphatic carbocycles. The highest BCUT2D eigenvalue weighted by Crippen LogP contribution is 2.32. The Morgan fingerprint density at radius 1 is 1.26 bits per heavy atom. The third-order valence-corrected chi connectivity index (χ3v) is 9.73. The summed E-state index contributed by atoms with van der Waals surface area (Å²) in [7, 11) is -3.98. The van der Waals surface area contributed by atoms with Gasteiger partial charge in [0.2, 0.25) is 0 Å². The molecule has 1 amide bonds. The second-order valence-corrected chi connectivity index (χ2v) is 12.1. The van der Waals surface area contributed by atoms with Crippen molar-refractivity contribution in [1.82, 2.24) is 8.87 Å². The van der Waals surface area contributed by atoms with Crippen LogP contribution in [0.15, 0.2) is 33.5 Å². The Bertz CT molecular complexity index is 1450. The van der Waals surface area contributed by atoms with Gasteiger partial charge in [0.15, 0.2) is 10.6 Å². The normalized spacial score (nSPS) is 17.5. The Balaban J connectivity index is 1.76. The molecule has 1 fully saturated rings. The Hall–Kier alpha value is -2.19. The van der Waals surface area contributed by atoms with Gasteiger partial charge in [0.25, 0.3) is 15.9 Å². The van der Waals surface area contributed by atoms with Crippen molar-refractivity contribution in [1.29, 1.82) is 0 Å². The molecule has 14 heteroatoms. The molecule has 182 valence electrons. The molecular formula is C20H18ClF2N3O5S3. The SMILES string of the molecule is CCOC(=O)Cn1c(=NC(=O)C2CCCN2S(=O)(=O)c2ccc(Cl)s2)sc2cc(F)cc(F)c21. The number of sulfonamides is 1. The Labute approximate surface area is 206 Å². The summed E-state index contributed by atoms with van der Waals surface area (Å²) in [5.74, 6) is -3.22. The lowest BCUT2D eigenvalue weighted by molar-refractivity contribution is -0.143. The highest BCUT2D eigenvalue weighted by molar-refractivity contribution is 7.91. The molecule has 2 aromatic heterocycles. The highest BCUT2D eigenvalue weighted by Gasteiger charge is 2.40. The predicted octanol–water partition coefficient (Wildman–Crippen LogP) is 3.54. The first kappa shape index (κ1) is 24.9. The number of hydrogen-bond donors (Lipinski definition) is 0. The molecule has 3 heterocycles. The van der Waals surface area contributed by atoms with Gasteiger partial charge in [-0.3, -0.25) is 9.59 Å². The average Bonchev–Trinajstić information content (AvgIpc) is 3.48. The van der Waals surface area contributed by atoms with Gasteiger partial charge in [-0.1, -0.05) is 22.9 Å². The van der Waals surface area contributed by atoms with Crippen LogP contribution in [-0.2, 0) is 30.9 Å². The third kappa shape index (κ3) is 4.80. The molecule has 0 spiro atoms. The van der Waals surface area contributed by atoms with Crippen molar-refractivity contribution >= 4 is 66.4 Å². The lowest BCUT2D eigenvalue weighted by Crippen LogP contribution is -2.40. The summed E-state index contributed by atoms with van der Waals surface area (Å²) >= 11 is 7.57. The molecule has 0 N–H and O–H groups in total. The van der Waals surface area contributed by atoms with Crippen molar-refractivity contribution in [3.05, 3.63) is 45.0 Å². The van der Waals surface area contributed by atoms with Gasteiger partial charge in [-0.15, -0.1) is 11.3 Å². The fraction of sp³-hybridized carbons (Fsp3) is 0.350. The lowest BCUT2D eigenvalue weighted by Gasteiger charge is -2.20. The van der Waals surface area contributed by atoms with Crippen LogP contribution >= 0.6 is 34.3 Å². The van der Waals surface area contributed by atoms with Crippen LogP contribution in [0.3, 0.4) is 0 Å². The maximum atomic E-state index is 14.6. The van der Waals surface area contributed by atoms with Crippen molar-refractivity contribution in [2.24, 2.45) is 4.99 Å². The Morgan fingerprint density at radius 2 is 2.03 bits per heavy atom. The number of benzene rings is 1. The minimum absolute atomic E-state index is 0.00832. The highest BCUT2D eigenvalue weighted by atomic mass is 35.5. The fourth-order valence-corrected chi connectivity index (χ4v) is 8.03. The van der Waals surface area contributed by atoms with Gasteiger partial charge >= 0.3 is 5.97 Å².